The molecule has 0 bridgehead atoms. The van der Waals surface area contributed by atoms with Crippen molar-refractivity contribution >= 4 is 36.4 Å². The molecule has 0 aromatic rings. The molecule has 1 saturated carbocycles. The predicted octanol–water partition coefficient (Wildman–Crippen LogP) is 2.68. The van der Waals surface area contributed by atoms with Gasteiger partial charge >= 0.3 is 0 Å². The van der Waals surface area contributed by atoms with Gasteiger partial charge in [0.05, 0.1) is 448 Å². The molecule has 0 radical (unpaired) electrons. The van der Waals surface area contributed by atoms with Crippen molar-refractivity contribution in [3.63, 3.8) is 0 Å². The average Bonchev–Trinajstić information content (AvgIpc) is 0.772. The number of rotatable bonds is 106. The second-order valence-corrected chi connectivity index (χ2v) is 29.5. The Morgan fingerprint density at radius 2 is 0.262 bits per heavy atom. The minimum Gasteiger partial charge on any atom is -0.382 e. The van der Waals surface area contributed by atoms with Crippen molar-refractivity contribution in [2.24, 2.45) is 5.92 Å². The minimum atomic E-state index is -2.16. The van der Waals surface area contributed by atoms with Crippen molar-refractivity contribution in [2.45, 2.75) is 37.4 Å². The van der Waals surface area contributed by atoms with Crippen LogP contribution in [0.5, 0.6) is 0 Å². The van der Waals surface area contributed by atoms with E-state index in [-0.39, 0.29) is 81.2 Å². The van der Waals surface area contributed by atoms with Crippen LogP contribution in [0, 0.1) is 5.92 Å². The van der Waals surface area contributed by atoms with E-state index in [2.05, 4.69) is 0 Å². The topological polar surface area (TPSA) is 432 Å². The summed E-state index contributed by atoms with van der Waals surface area (Å²) in [5.74, 6) is -0.517. The number of methoxy groups -OCH3 is 3. The van der Waals surface area contributed by atoms with Crippen LogP contribution in [0.1, 0.15) is 6.92 Å². The van der Waals surface area contributed by atoms with Crippen LogP contribution < -0.4 is 0 Å². The molecule has 6 atom stereocenters. The van der Waals surface area contributed by atoms with Gasteiger partial charge < -0.3 is 198 Å². The van der Waals surface area contributed by atoms with E-state index >= 15 is 0 Å². The third kappa shape index (κ3) is 87.6. The second-order valence-electron chi connectivity index (χ2n) is 25.0. The maximum atomic E-state index is 10.1. The number of hydrogen-bond donors (Lipinski definition) is 4. The van der Waals surface area contributed by atoms with Crippen LogP contribution in [0.25, 0.3) is 0 Å². The van der Waals surface area contributed by atoms with Gasteiger partial charge in [-0.1, -0.05) is 6.92 Å². The van der Waals surface area contributed by atoms with Crippen molar-refractivity contribution in [3.8, 4) is 0 Å². The smallest absolute Gasteiger partial charge is 0.147 e. The highest BCUT2D eigenvalue weighted by molar-refractivity contribution is 8.12. The molecular weight excluding hydrogens is 1710 g/mol. The third-order valence-corrected chi connectivity index (χ3v) is 18.0. The van der Waals surface area contributed by atoms with Crippen molar-refractivity contribution in [1.29, 1.82) is 0 Å². The van der Waals surface area contributed by atoms with Crippen molar-refractivity contribution < 1.29 is 198 Å². The van der Waals surface area contributed by atoms with E-state index in [4.69, 9.17) is 180 Å². The standard InChI is InChI=1S/C76H154O42P2S2/c1-71-72(114-68-65-111-62-59-108-56-53-105-50-47-102-44-41-99-38-35-96-32-29-93-26-23-90-20-17-87-14-11-84-8-5-81-2)75(117-119-121(77)78)74(116-70-67-113-64-61-110-58-55-107-52-49-104-46-43-101-40-37-98-34-31-95-28-25-92-22-19-89-16-13-86-10-7-83-4)76(118-120-122(79)80)73(71)115-69-66-112-63-60-109-57-54-106-51-48-103-45-42-100-39-36-97-33-30-94-27-24-91-21-18-88-15-12-85-9-6-82-3/h71-80H,5-70H2,1-4H3/t71?,72-,73?,74?,75?,76+/m1/s1. The third-order valence-electron chi connectivity index (χ3n) is 15.7. The van der Waals surface area contributed by atoms with E-state index in [1.54, 1.807) is 21.3 Å². The predicted molar refractivity (Wildman–Crippen MR) is 447 cm³/mol. The van der Waals surface area contributed by atoms with Crippen LogP contribution in [-0.2, 0) is 201 Å². The largest absolute Gasteiger partial charge is 0.382 e. The van der Waals surface area contributed by atoms with Crippen LogP contribution in [0.2, 0.25) is 0 Å². The van der Waals surface area contributed by atoms with E-state index < -0.39 is 57.7 Å². The first-order valence-corrected chi connectivity index (χ1v) is 47.1. The molecule has 42 nitrogen and oxygen atoms in total. The molecule has 0 aromatic heterocycles. The maximum absolute atomic E-state index is 10.1. The van der Waals surface area contributed by atoms with E-state index in [1.807, 2.05) is 6.92 Å². The Labute approximate surface area is 731 Å². The molecule has 1 aliphatic rings. The highest BCUT2D eigenvalue weighted by Crippen LogP contribution is 2.39. The van der Waals surface area contributed by atoms with Gasteiger partial charge in [0, 0.05) is 27.2 Å². The molecule has 0 amide bonds. The zero-order chi connectivity index (χ0) is 87.6. The number of ether oxygens (including phenoxy) is 36. The summed E-state index contributed by atoms with van der Waals surface area (Å²) in [6.07, 6.45) is -4.61. The van der Waals surface area contributed by atoms with Crippen LogP contribution in [0.3, 0.4) is 0 Å². The molecule has 4 unspecified atom stereocenters. The molecule has 1 aliphatic carbocycles. The van der Waals surface area contributed by atoms with Crippen molar-refractivity contribution in [2.75, 3.05) is 457 Å². The molecule has 122 heavy (non-hydrogen) atoms. The van der Waals surface area contributed by atoms with Gasteiger partial charge in [-0.25, -0.2) is 0 Å². The minimum absolute atomic E-state index is 0.0100. The van der Waals surface area contributed by atoms with Gasteiger partial charge in [-0.3, -0.25) is 0 Å². The van der Waals surface area contributed by atoms with Crippen LogP contribution in [-0.4, -0.2) is 506 Å². The molecule has 0 spiro atoms. The maximum Gasteiger partial charge on any atom is 0.147 e. The molecule has 46 heteroatoms. The fourth-order valence-corrected chi connectivity index (χ4v) is 11.7. The molecule has 0 saturated heterocycles. The zero-order valence-electron chi connectivity index (χ0n) is 73.1. The summed E-state index contributed by atoms with van der Waals surface area (Å²) in [6.45, 7) is 28.8. The molecule has 0 aliphatic heterocycles. The lowest BCUT2D eigenvalue weighted by Crippen LogP contribution is -2.63. The van der Waals surface area contributed by atoms with Crippen molar-refractivity contribution in [1.82, 2.24) is 0 Å². The number of hydrogen-bond acceptors (Lipinski definition) is 38. The fraction of sp³-hybridized carbons (Fsp3) is 1.00. The van der Waals surface area contributed by atoms with Crippen LogP contribution in [0.4, 0.5) is 0 Å². The summed E-state index contributed by atoms with van der Waals surface area (Å²) in [4.78, 5) is 0. The summed E-state index contributed by atoms with van der Waals surface area (Å²) in [5, 5.41) is 0. The van der Waals surface area contributed by atoms with Gasteiger partial charge in [-0.2, -0.15) is 0 Å². The summed E-state index contributed by atoms with van der Waals surface area (Å²) < 4.78 is 254. The quantitative estimate of drug-likeness (QED) is 0.0502. The monoisotopic (exact) mass is 1860 g/mol. The molecular formula is C76H154O42P2S2. The van der Waals surface area contributed by atoms with Gasteiger partial charge in [0.15, 0.2) is 0 Å². The molecule has 4 N–H and O–H groups in total. The normalized spacial score (nSPS) is 16.4. The molecule has 0 heterocycles. The van der Waals surface area contributed by atoms with Gasteiger partial charge in [-0.05, 0) is 0 Å². The summed E-state index contributed by atoms with van der Waals surface area (Å²) >= 11 is 0. The lowest BCUT2D eigenvalue weighted by molar-refractivity contribution is -0.226. The first-order valence-electron chi connectivity index (χ1n) is 42.0. The first kappa shape index (κ1) is 120. The summed E-state index contributed by atoms with van der Waals surface area (Å²) in [5.41, 5.74) is 0. The van der Waals surface area contributed by atoms with E-state index in [9.17, 15) is 18.2 Å². The lowest BCUT2D eigenvalue weighted by Gasteiger charge is -2.48. The Hall–Kier alpha value is -0.380. The average molecular weight is 1870 g/mol. The van der Waals surface area contributed by atoms with Crippen LogP contribution in [0.15, 0.2) is 0 Å². The second kappa shape index (κ2) is 103. The van der Waals surface area contributed by atoms with E-state index in [0.29, 0.717) is 370 Å². The lowest BCUT2D eigenvalue weighted by atomic mass is 9.79. The fourth-order valence-electron chi connectivity index (χ4n) is 9.85. The van der Waals surface area contributed by atoms with Gasteiger partial charge in [-0.15, -0.1) is 0 Å². The SMILES string of the molecule is COCCOCCOCCOCCOCCOCCOCCOCCOCCOCCOCCOC1C(C)[C@@H](OCCOCCOCCOCCOCCOCCOCCOCCOCCOCCOCCOC)C(OP=S(O)O)C(OCCOCCOCCOCCOCCOCCOCCOCCOCCOCCOCCOC)[C@H]1OP=S(O)O. The van der Waals surface area contributed by atoms with Gasteiger partial charge in [0.1, 0.15) is 54.7 Å². The molecule has 1 fully saturated rings. The highest BCUT2D eigenvalue weighted by Gasteiger charge is 2.53. The summed E-state index contributed by atoms with van der Waals surface area (Å²) in [7, 11) is 0.210. The Morgan fingerprint density at radius 3 is 0.377 bits per heavy atom. The van der Waals surface area contributed by atoms with Gasteiger partial charge in [0.25, 0.3) is 0 Å². The Bertz CT molecular complexity index is 1980. The Kier molecular flexibility index (Phi) is 101. The summed E-state index contributed by atoms with van der Waals surface area (Å²) in [6, 6.07) is 0. The van der Waals surface area contributed by atoms with Crippen LogP contribution >= 0.6 is 15.2 Å². The molecule has 1 rings (SSSR count). The van der Waals surface area contributed by atoms with E-state index in [1.165, 1.54) is 0 Å². The van der Waals surface area contributed by atoms with Crippen molar-refractivity contribution in [3.05, 3.63) is 0 Å². The first-order chi connectivity index (χ1) is 60.4. The highest BCUT2D eigenvalue weighted by atomic mass is 32.5. The molecule has 0 aromatic carbocycles. The Balaban J connectivity index is 2.49. The molecule has 732 valence electrons. The zero-order valence-corrected chi connectivity index (χ0v) is 76.6. The van der Waals surface area contributed by atoms with E-state index in [0.717, 1.165) is 0 Å². The Morgan fingerprint density at radius 1 is 0.156 bits per heavy atom. The van der Waals surface area contributed by atoms with Gasteiger partial charge in [0.2, 0.25) is 0 Å².